The minimum absolute atomic E-state index is 0.197. The maximum atomic E-state index is 6.07. The van der Waals surface area contributed by atoms with E-state index in [1.54, 1.807) is 13.4 Å². The monoisotopic (exact) mass is 331 g/mol. The van der Waals surface area contributed by atoms with Crippen LogP contribution < -0.4 is 10.1 Å². The van der Waals surface area contributed by atoms with Gasteiger partial charge >= 0.3 is 0 Å². The maximum Gasteiger partial charge on any atom is 0.226 e. The summed E-state index contributed by atoms with van der Waals surface area (Å²) in [6.07, 6.45) is 1.76. The highest BCUT2D eigenvalue weighted by Crippen LogP contribution is 2.25. The Hall–Kier alpha value is -2.34. The second-order valence-electron chi connectivity index (χ2n) is 5.42. The lowest BCUT2D eigenvalue weighted by Gasteiger charge is -2.11. The Kier molecular flexibility index (Phi) is 4.34. The highest BCUT2D eigenvalue weighted by molar-refractivity contribution is 6.28. The molecule has 0 aliphatic heterocycles. The summed E-state index contributed by atoms with van der Waals surface area (Å²) in [6, 6.07) is 8.07. The molecule has 6 nitrogen and oxygen atoms in total. The molecule has 2 heterocycles. The van der Waals surface area contributed by atoms with Gasteiger partial charge in [0.05, 0.1) is 13.4 Å². The quantitative estimate of drug-likeness (QED) is 0.722. The summed E-state index contributed by atoms with van der Waals surface area (Å²) >= 11 is 6.07. The SMILES string of the molecule is COc1ccccc1CNc1nc(Cl)nc2c1ncn2C(C)C. The van der Waals surface area contributed by atoms with E-state index < -0.39 is 0 Å². The predicted octanol–water partition coefficient (Wildman–Crippen LogP) is 3.68. The summed E-state index contributed by atoms with van der Waals surface area (Å²) in [6.45, 7) is 4.69. The van der Waals surface area contributed by atoms with Crippen LogP contribution in [0, 0.1) is 0 Å². The zero-order chi connectivity index (χ0) is 16.4. The van der Waals surface area contributed by atoms with E-state index in [0.29, 0.717) is 17.9 Å². The lowest BCUT2D eigenvalue weighted by molar-refractivity contribution is 0.410. The van der Waals surface area contributed by atoms with Crippen LogP contribution in [0.5, 0.6) is 5.75 Å². The van der Waals surface area contributed by atoms with Gasteiger partial charge in [-0.05, 0) is 31.5 Å². The number of nitrogens with one attached hydrogen (secondary N) is 1. The predicted molar refractivity (Wildman–Crippen MR) is 91.0 cm³/mol. The summed E-state index contributed by atoms with van der Waals surface area (Å²) in [5, 5.41) is 3.48. The van der Waals surface area contributed by atoms with Crippen molar-refractivity contribution in [3.63, 3.8) is 0 Å². The van der Waals surface area contributed by atoms with E-state index in [4.69, 9.17) is 16.3 Å². The Morgan fingerprint density at radius 3 is 2.78 bits per heavy atom. The fraction of sp³-hybridized carbons (Fsp3) is 0.312. The third-order valence-electron chi connectivity index (χ3n) is 3.59. The first-order valence-electron chi connectivity index (χ1n) is 7.36. The number of hydrogen-bond acceptors (Lipinski definition) is 5. The number of aromatic nitrogens is 4. The number of halogens is 1. The van der Waals surface area contributed by atoms with Crippen molar-refractivity contribution in [1.29, 1.82) is 0 Å². The van der Waals surface area contributed by atoms with Crippen LogP contribution in [0.2, 0.25) is 5.28 Å². The van der Waals surface area contributed by atoms with Gasteiger partial charge in [0.25, 0.3) is 0 Å². The van der Waals surface area contributed by atoms with Crippen molar-refractivity contribution in [1.82, 2.24) is 19.5 Å². The molecule has 0 amide bonds. The van der Waals surface area contributed by atoms with Gasteiger partial charge in [0, 0.05) is 18.2 Å². The topological polar surface area (TPSA) is 64.9 Å². The fourth-order valence-corrected chi connectivity index (χ4v) is 2.58. The van der Waals surface area contributed by atoms with Crippen molar-refractivity contribution in [2.24, 2.45) is 0 Å². The summed E-state index contributed by atoms with van der Waals surface area (Å²) in [5.74, 6) is 1.44. The summed E-state index contributed by atoms with van der Waals surface area (Å²) in [7, 11) is 1.66. The zero-order valence-electron chi connectivity index (χ0n) is 13.2. The molecule has 0 bridgehead atoms. The van der Waals surface area contributed by atoms with Crippen molar-refractivity contribution in [2.45, 2.75) is 26.4 Å². The molecule has 0 radical (unpaired) electrons. The van der Waals surface area contributed by atoms with Crippen LogP contribution >= 0.6 is 11.6 Å². The number of ether oxygens (including phenoxy) is 1. The Labute approximate surface area is 139 Å². The molecular formula is C16H18ClN5O. The van der Waals surface area contributed by atoms with Crippen molar-refractivity contribution in [3.05, 3.63) is 41.4 Å². The van der Waals surface area contributed by atoms with Crippen LogP contribution in [-0.4, -0.2) is 26.6 Å². The van der Waals surface area contributed by atoms with Gasteiger partial charge in [-0.15, -0.1) is 0 Å². The van der Waals surface area contributed by atoms with Crippen molar-refractivity contribution >= 4 is 28.6 Å². The van der Waals surface area contributed by atoms with Gasteiger partial charge in [0.2, 0.25) is 5.28 Å². The molecule has 23 heavy (non-hydrogen) atoms. The number of benzene rings is 1. The number of nitrogens with zero attached hydrogens (tertiary/aromatic N) is 4. The first kappa shape index (κ1) is 15.6. The normalized spacial score (nSPS) is 11.2. The molecular weight excluding hydrogens is 314 g/mol. The average Bonchev–Trinajstić information content (AvgIpc) is 2.96. The third-order valence-corrected chi connectivity index (χ3v) is 3.76. The fourth-order valence-electron chi connectivity index (χ4n) is 2.42. The molecule has 0 atom stereocenters. The summed E-state index contributed by atoms with van der Waals surface area (Å²) < 4.78 is 7.33. The largest absolute Gasteiger partial charge is 0.496 e. The van der Waals surface area contributed by atoms with E-state index in [-0.39, 0.29) is 11.3 Å². The molecule has 1 N–H and O–H groups in total. The second kappa shape index (κ2) is 6.42. The number of imidazole rings is 1. The smallest absolute Gasteiger partial charge is 0.226 e. The molecule has 1 aromatic carbocycles. The molecule has 0 aliphatic rings. The van der Waals surface area contributed by atoms with E-state index in [1.807, 2.05) is 28.8 Å². The molecule has 0 spiro atoms. The van der Waals surface area contributed by atoms with Gasteiger partial charge in [0.1, 0.15) is 5.75 Å². The van der Waals surface area contributed by atoms with Gasteiger partial charge < -0.3 is 14.6 Å². The molecule has 0 saturated carbocycles. The van der Waals surface area contributed by atoms with E-state index in [1.165, 1.54) is 0 Å². The summed E-state index contributed by atoms with van der Waals surface area (Å²) in [4.78, 5) is 13.0. The van der Waals surface area contributed by atoms with Gasteiger partial charge in [-0.25, -0.2) is 4.98 Å². The van der Waals surface area contributed by atoms with Gasteiger partial charge in [-0.1, -0.05) is 18.2 Å². The van der Waals surface area contributed by atoms with Crippen molar-refractivity contribution in [3.8, 4) is 5.75 Å². The second-order valence-corrected chi connectivity index (χ2v) is 5.76. The minimum Gasteiger partial charge on any atom is -0.496 e. The first-order chi connectivity index (χ1) is 11.1. The van der Waals surface area contributed by atoms with Gasteiger partial charge in [0.15, 0.2) is 17.0 Å². The lowest BCUT2D eigenvalue weighted by atomic mass is 10.2. The van der Waals surface area contributed by atoms with Crippen LogP contribution in [-0.2, 0) is 6.54 Å². The van der Waals surface area contributed by atoms with Crippen LogP contribution in [0.4, 0.5) is 5.82 Å². The van der Waals surface area contributed by atoms with Crippen LogP contribution in [0.3, 0.4) is 0 Å². The number of para-hydroxylation sites is 1. The molecule has 0 unspecified atom stereocenters. The average molecular weight is 332 g/mol. The molecule has 0 saturated heterocycles. The molecule has 3 rings (SSSR count). The highest BCUT2D eigenvalue weighted by atomic mass is 35.5. The standard InChI is InChI=1S/C16H18ClN5O/c1-10(2)22-9-19-13-14(20-16(17)21-15(13)22)18-8-11-6-4-5-7-12(11)23-3/h4-7,9-10H,8H2,1-3H3,(H,18,20,21). The molecule has 3 aromatic rings. The lowest BCUT2D eigenvalue weighted by Crippen LogP contribution is -2.06. The highest BCUT2D eigenvalue weighted by Gasteiger charge is 2.14. The van der Waals surface area contributed by atoms with Gasteiger partial charge in [-0.2, -0.15) is 9.97 Å². The van der Waals surface area contributed by atoms with Gasteiger partial charge in [-0.3, -0.25) is 0 Å². The Bertz CT molecular complexity index is 830. The Morgan fingerprint density at radius 1 is 1.26 bits per heavy atom. The molecule has 2 aromatic heterocycles. The van der Waals surface area contributed by atoms with E-state index in [9.17, 15) is 0 Å². The number of hydrogen-bond donors (Lipinski definition) is 1. The minimum atomic E-state index is 0.197. The number of methoxy groups -OCH3 is 1. The van der Waals surface area contributed by atoms with Crippen molar-refractivity contribution < 1.29 is 4.74 Å². The van der Waals surface area contributed by atoms with E-state index in [0.717, 1.165) is 17.0 Å². The molecule has 7 heteroatoms. The Morgan fingerprint density at radius 2 is 2.04 bits per heavy atom. The van der Waals surface area contributed by atoms with E-state index >= 15 is 0 Å². The number of fused-ring (bicyclic) bond motifs is 1. The number of anilines is 1. The molecule has 0 fully saturated rings. The number of rotatable bonds is 5. The van der Waals surface area contributed by atoms with Crippen LogP contribution in [0.1, 0.15) is 25.5 Å². The van der Waals surface area contributed by atoms with Crippen LogP contribution in [0.15, 0.2) is 30.6 Å². The van der Waals surface area contributed by atoms with Crippen molar-refractivity contribution in [2.75, 3.05) is 12.4 Å². The first-order valence-corrected chi connectivity index (χ1v) is 7.73. The van der Waals surface area contributed by atoms with Crippen LogP contribution in [0.25, 0.3) is 11.2 Å². The third kappa shape index (κ3) is 3.07. The molecule has 0 aliphatic carbocycles. The zero-order valence-corrected chi connectivity index (χ0v) is 14.0. The molecule has 120 valence electrons. The Balaban J connectivity index is 1.94. The summed E-state index contributed by atoms with van der Waals surface area (Å²) in [5.41, 5.74) is 2.46. The van der Waals surface area contributed by atoms with E-state index in [2.05, 4.69) is 34.1 Å². The maximum absolute atomic E-state index is 6.07.